The quantitative estimate of drug-likeness (QED) is 0.393. The van der Waals surface area contributed by atoms with Crippen LogP contribution in [0.15, 0.2) is 51.7 Å². The first-order valence-corrected chi connectivity index (χ1v) is 9.74. The number of carboxylic acids is 2. The molecule has 3 rings (SSSR count). The Hall–Kier alpha value is -4.21. The first kappa shape index (κ1) is 22.5. The highest BCUT2D eigenvalue weighted by Gasteiger charge is 2.21. The van der Waals surface area contributed by atoms with E-state index in [0.29, 0.717) is 11.3 Å². The molecule has 1 aromatic heterocycles. The van der Waals surface area contributed by atoms with Gasteiger partial charge in [-0.25, -0.2) is 4.79 Å². The summed E-state index contributed by atoms with van der Waals surface area (Å²) in [6.07, 6.45) is -0.370. The molecule has 0 aliphatic heterocycles. The molecule has 0 unspecified atom stereocenters. The van der Waals surface area contributed by atoms with Gasteiger partial charge in [-0.3, -0.25) is 14.4 Å². The van der Waals surface area contributed by atoms with Crippen LogP contribution in [0.25, 0.3) is 11.0 Å². The fraction of sp³-hybridized carbons (Fsp3) is 0.227. The van der Waals surface area contributed by atoms with Crippen molar-refractivity contribution in [2.24, 2.45) is 0 Å². The molecule has 3 aromatic rings. The summed E-state index contributed by atoms with van der Waals surface area (Å²) in [6.45, 7) is 1.59. The zero-order chi connectivity index (χ0) is 23.3. The minimum absolute atomic E-state index is 0.126. The third kappa shape index (κ3) is 5.48. The third-order valence-electron chi connectivity index (χ3n) is 4.77. The number of hydrogen-bond acceptors (Lipinski definition) is 7. The largest absolute Gasteiger partial charge is 0.481 e. The molecule has 0 bridgehead atoms. The Labute approximate surface area is 181 Å². The number of aliphatic carboxylic acids is 2. The first-order chi connectivity index (χ1) is 15.2. The summed E-state index contributed by atoms with van der Waals surface area (Å²) < 4.78 is 5.60. The van der Waals surface area contributed by atoms with Crippen molar-refractivity contribution in [2.75, 3.05) is 10.6 Å². The van der Waals surface area contributed by atoms with Crippen molar-refractivity contribution in [1.82, 2.24) is 4.98 Å². The molecule has 10 nitrogen and oxygen atoms in total. The van der Waals surface area contributed by atoms with Crippen LogP contribution in [0, 0.1) is 6.92 Å². The van der Waals surface area contributed by atoms with Crippen molar-refractivity contribution in [2.45, 2.75) is 32.2 Å². The Morgan fingerprint density at radius 2 is 1.78 bits per heavy atom. The fourth-order valence-electron chi connectivity index (χ4n) is 3.14. The third-order valence-corrected chi connectivity index (χ3v) is 4.77. The zero-order valence-electron chi connectivity index (χ0n) is 17.1. The second kappa shape index (κ2) is 9.73. The van der Waals surface area contributed by atoms with Crippen molar-refractivity contribution in [3.63, 3.8) is 0 Å². The second-order valence-electron chi connectivity index (χ2n) is 7.10. The second-order valence-corrected chi connectivity index (χ2v) is 7.10. The van der Waals surface area contributed by atoms with Gasteiger partial charge in [0.05, 0.1) is 11.8 Å². The Morgan fingerprint density at radius 1 is 1.06 bits per heavy atom. The lowest BCUT2D eigenvalue weighted by Crippen LogP contribution is -2.32. The van der Waals surface area contributed by atoms with Crippen LogP contribution >= 0.6 is 0 Å². The van der Waals surface area contributed by atoms with Crippen LogP contribution in [0.4, 0.5) is 11.7 Å². The van der Waals surface area contributed by atoms with E-state index in [0.717, 1.165) is 5.56 Å². The zero-order valence-corrected chi connectivity index (χ0v) is 17.1. The van der Waals surface area contributed by atoms with Gasteiger partial charge in [0.2, 0.25) is 5.91 Å². The highest BCUT2D eigenvalue weighted by Crippen LogP contribution is 2.25. The van der Waals surface area contributed by atoms with E-state index in [4.69, 9.17) is 9.52 Å². The molecule has 4 N–H and O–H groups in total. The van der Waals surface area contributed by atoms with E-state index < -0.39 is 29.4 Å². The number of aryl methyl sites for hydroxylation is 1. The molecule has 1 amide bonds. The molecule has 1 heterocycles. The summed E-state index contributed by atoms with van der Waals surface area (Å²) in [5.74, 6) is -2.73. The molecular weight excluding hydrogens is 418 g/mol. The average molecular weight is 439 g/mol. The van der Waals surface area contributed by atoms with Crippen LogP contribution in [0.3, 0.4) is 0 Å². The Balaban J connectivity index is 1.84. The normalized spacial score (nSPS) is 11.7. The number of anilines is 2. The average Bonchev–Trinajstić information content (AvgIpc) is 2.74. The monoisotopic (exact) mass is 439 g/mol. The van der Waals surface area contributed by atoms with Crippen molar-refractivity contribution < 1.29 is 29.0 Å². The van der Waals surface area contributed by atoms with E-state index in [9.17, 15) is 24.3 Å². The maximum Gasteiger partial charge on any atom is 0.326 e. The summed E-state index contributed by atoms with van der Waals surface area (Å²) >= 11 is 0. The van der Waals surface area contributed by atoms with E-state index in [1.165, 1.54) is 12.1 Å². The van der Waals surface area contributed by atoms with Gasteiger partial charge < -0.3 is 25.3 Å². The lowest BCUT2D eigenvalue weighted by molar-refractivity contribution is -0.138. The Morgan fingerprint density at radius 3 is 2.44 bits per heavy atom. The standard InChI is InChI=1S/C22H21N3O7/c1-12-14(23-17(26)9-10-18(27)28)7-8-16-19(12)20(29)25-22(32-16)24-15(21(30)31)11-13-5-3-2-4-6-13/h2-8,15H,9-11H2,1H3,(H,23,26)(H,27,28)(H,30,31)(H,24,25,29)/t15-/m0/s1. The molecule has 10 heteroatoms. The van der Waals surface area contributed by atoms with E-state index in [2.05, 4.69) is 15.6 Å². The number of carboxylic acid groups (broad SMARTS) is 2. The fourth-order valence-corrected chi connectivity index (χ4v) is 3.14. The number of rotatable bonds is 9. The van der Waals surface area contributed by atoms with Crippen LogP contribution in [-0.2, 0) is 20.8 Å². The van der Waals surface area contributed by atoms with E-state index in [-0.39, 0.29) is 36.2 Å². The van der Waals surface area contributed by atoms with Crippen molar-refractivity contribution >= 4 is 40.5 Å². The number of amides is 1. The molecule has 0 fully saturated rings. The number of hydrogen-bond donors (Lipinski definition) is 4. The SMILES string of the molecule is Cc1c(NC(=O)CCC(=O)O)ccc2oc(N[C@@H](Cc3ccccc3)C(=O)O)nc(=O)c12. The Kier molecular flexibility index (Phi) is 6.83. The molecule has 32 heavy (non-hydrogen) atoms. The molecular formula is C22H21N3O7. The topological polar surface area (TPSA) is 159 Å². The van der Waals surface area contributed by atoms with Gasteiger partial charge in [0.25, 0.3) is 11.6 Å². The van der Waals surface area contributed by atoms with Gasteiger partial charge in [-0.15, -0.1) is 0 Å². The molecule has 2 aromatic carbocycles. The molecule has 0 spiro atoms. The maximum absolute atomic E-state index is 12.6. The van der Waals surface area contributed by atoms with Crippen molar-refractivity contribution in [1.29, 1.82) is 0 Å². The van der Waals surface area contributed by atoms with Crippen LogP contribution in [0.1, 0.15) is 24.0 Å². The van der Waals surface area contributed by atoms with Gasteiger partial charge in [0.1, 0.15) is 11.6 Å². The molecule has 0 saturated heterocycles. The lowest BCUT2D eigenvalue weighted by atomic mass is 10.1. The summed E-state index contributed by atoms with van der Waals surface area (Å²) in [5.41, 5.74) is 1.03. The van der Waals surface area contributed by atoms with E-state index >= 15 is 0 Å². The van der Waals surface area contributed by atoms with Gasteiger partial charge in [-0.1, -0.05) is 30.3 Å². The van der Waals surface area contributed by atoms with Gasteiger partial charge in [0, 0.05) is 18.5 Å². The summed E-state index contributed by atoms with van der Waals surface area (Å²) in [4.78, 5) is 50.7. The highest BCUT2D eigenvalue weighted by atomic mass is 16.4. The van der Waals surface area contributed by atoms with Crippen molar-refractivity contribution in [3.05, 3.63) is 63.9 Å². The highest BCUT2D eigenvalue weighted by molar-refractivity contribution is 5.96. The van der Waals surface area contributed by atoms with Gasteiger partial charge in [-0.05, 0) is 30.2 Å². The lowest BCUT2D eigenvalue weighted by Gasteiger charge is -2.15. The first-order valence-electron chi connectivity index (χ1n) is 9.74. The Bertz CT molecular complexity index is 1220. The number of fused-ring (bicyclic) bond motifs is 1. The summed E-state index contributed by atoms with van der Waals surface area (Å²) in [7, 11) is 0. The predicted molar refractivity (Wildman–Crippen MR) is 116 cm³/mol. The molecule has 0 aliphatic carbocycles. The van der Waals surface area contributed by atoms with Crippen LogP contribution in [0.5, 0.6) is 0 Å². The summed E-state index contributed by atoms with van der Waals surface area (Å²) in [6, 6.07) is 10.7. The number of carbonyl (C=O) groups excluding carboxylic acids is 1. The molecule has 166 valence electrons. The number of benzene rings is 2. The molecule has 0 saturated carbocycles. The van der Waals surface area contributed by atoms with E-state index in [1.807, 2.05) is 6.07 Å². The number of nitrogens with zero attached hydrogens (tertiary/aromatic N) is 1. The van der Waals surface area contributed by atoms with Crippen LogP contribution in [-0.4, -0.2) is 39.1 Å². The maximum atomic E-state index is 12.6. The van der Waals surface area contributed by atoms with Crippen LogP contribution < -0.4 is 16.2 Å². The number of carbonyl (C=O) groups is 3. The molecule has 0 aliphatic rings. The van der Waals surface area contributed by atoms with Gasteiger partial charge in [-0.2, -0.15) is 4.98 Å². The smallest absolute Gasteiger partial charge is 0.326 e. The van der Waals surface area contributed by atoms with Gasteiger partial charge in [0.15, 0.2) is 0 Å². The molecule has 0 radical (unpaired) electrons. The minimum Gasteiger partial charge on any atom is -0.481 e. The molecule has 1 atom stereocenters. The number of aromatic nitrogens is 1. The van der Waals surface area contributed by atoms with E-state index in [1.54, 1.807) is 31.2 Å². The summed E-state index contributed by atoms with van der Waals surface area (Å²) in [5, 5.41) is 23.6. The van der Waals surface area contributed by atoms with Crippen molar-refractivity contribution in [3.8, 4) is 0 Å². The minimum atomic E-state index is -1.13. The van der Waals surface area contributed by atoms with Gasteiger partial charge >= 0.3 is 11.9 Å². The predicted octanol–water partition coefficient (Wildman–Crippen LogP) is 2.41. The number of nitrogens with one attached hydrogen (secondary N) is 2. The van der Waals surface area contributed by atoms with Crippen LogP contribution in [0.2, 0.25) is 0 Å².